The van der Waals surface area contributed by atoms with Crippen molar-refractivity contribution in [1.29, 1.82) is 0 Å². The minimum atomic E-state index is -3.83. The summed E-state index contributed by atoms with van der Waals surface area (Å²) in [5.41, 5.74) is 4.52. The Morgan fingerprint density at radius 3 is 2.13 bits per heavy atom. The minimum absolute atomic E-state index is 0.209. The minimum Gasteiger partial charge on any atom is -0.291 e. The molecular weight excluding hydrogens is 450 g/mol. The molecule has 3 aromatic carbocycles. The molecule has 0 saturated heterocycles. The number of aliphatic imine (C=N–C) groups is 1. The second kappa shape index (κ2) is 9.77. The van der Waals surface area contributed by atoms with E-state index in [1.165, 1.54) is 3.71 Å². The van der Waals surface area contributed by atoms with Crippen molar-refractivity contribution < 1.29 is 8.42 Å². The fourth-order valence-corrected chi connectivity index (χ4v) is 5.49. The van der Waals surface area contributed by atoms with Gasteiger partial charge in [-0.25, -0.2) is 13.4 Å². The maximum Gasteiger partial charge on any atom is 0.275 e. The van der Waals surface area contributed by atoms with Crippen molar-refractivity contribution in [2.24, 2.45) is 4.99 Å². The molecule has 0 saturated carbocycles. The van der Waals surface area contributed by atoms with Crippen LogP contribution < -0.4 is 3.71 Å². The van der Waals surface area contributed by atoms with E-state index in [1.807, 2.05) is 32.9 Å². The fraction of sp³-hybridized carbons (Fsp3) is 0.174. The van der Waals surface area contributed by atoms with Crippen molar-refractivity contribution in [1.82, 2.24) is 4.31 Å². The van der Waals surface area contributed by atoms with Crippen LogP contribution in [0.4, 0.5) is 11.4 Å². The van der Waals surface area contributed by atoms with E-state index in [0.717, 1.165) is 34.5 Å². The van der Waals surface area contributed by atoms with E-state index in [1.54, 1.807) is 66.2 Å². The lowest BCUT2D eigenvalue weighted by molar-refractivity contribution is 0.598. The van der Waals surface area contributed by atoms with Gasteiger partial charge in [0.2, 0.25) is 0 Å². The second-order valence-corrected chi connectivity index (χ2v) is 10.7. The summed E-state index contributed by atoms with van der Waals surface area (Å²) in [7, 11) is -2.07. The Morgan fingerprint density at radius 1 is 0.903 bits per heavy atom. The standard InChI is InChI=1S/C23H24ClN3O2S2/c1-17-5-12-22(13-6-17)31(28,29)27(21-10-8-20(24)9-11-21)30-26(4)16-25-23-14-7-18(2)15-19(23)3/h5-16H,1-4H3. The van der Waals surface area contributed by atoms with Crippen LogP contribution in [0.2, 0.25) is 5.02 Å². The van der Waals surface area contributed by atoms with Gasteiger partial charge in [0.25, 0.3) is 10.0 Å². The van der Waals surface area contributed by atoms with Crippen molar-refractivity contribution in [2.75, 3.05) is 10.8 Å². The molecule has 0 aliphatic rings. The van der Waals surface area contributed by atoms with Crippen LogP contribution in [0, 0.1) is 20.8 Å². The highest BCUT2D eigenvalue weighted by molar-refractivity contribution is 8.13. The predicted molar refractivity (Wildman–Crippen MR) is 132 cm³/mol. The lowest BCUT2D eigenvalue weighted by Crippen LogP contribution is -2.28. The molecule has 0 bridgehead atoms. The van der Waals surface area contributed by atoms with Crippen molar-refractivity contribution in [3.8, 4) is 0 Å². The Hall–Kier alpha value is -2.48. The van der Waals surface area contributed by atoms with Gasteiger partial charge in [0.05, 0.1) is 28.4 Å². The first kappa shape index (κ1) is 23.2. The second-order valence-electron chi connectivity index (χ2n) is 7.18. The molecule has 3 rings (SSSR count). The molecule has 0 aromatic heterocycles. The van der Waals surface area contributed by atoms with Gasteiger partial charge in [0.15, 0.2) is 0 Å². The van der Waals surface area contributed by atoms with Crippen LogP contribution in [0.5, 0.6) is 0 Å². The van der Waals surface area contributed by atoms with E-state index in [2.05, 4.69) is 11.1 Å². The molecule has 0 amide bonds. The Labute approximate surface area is 193 Å². The summed E-state index contributed by atoms with van der Waals surface area (Å²) in [4.78, 5) is 4.72. The van der Waals surface area contributed by atoms with Gasteiger partial charge in [0.1, 0.15) is 6.34 Å². The molecule has 8 heteroatoms. The first-order chi connectivity index (χ1) is 14.7. The predicted octanol–water partition coefficient (Wildman–Crippen LogP) is 6.32. The molecule has 3 aromatic rings. The highest BCUT2D eigenvalue weighted by Crippen LogP contribution is 2.32. The first-order valence-electron chi connectivity index (χ1n) is 9.57. The quantitative estimate of drug-likeness (QED) is 0.229. The van der Waals surface area contributed by atoms with Gasteiger partial charge in [-0.05, 0) is 68.8 Å². The van der Waals surface area contributed by atoms with Crippen LogP contribution in [-0.2, 0) is 10.0 Å². The van der Waals surface area contributed by atoms with E-state index >= 15 is 0 Å². The SMILES string of the molecule is Cc1ccc(S(=O)(=O)N(SN(C)C=Nc2ccc(C)cc2C)c2ccc(Cl)cc2)cc1. The highest BCUT2D eigenvalue weighted by Gasteiger charge is 2.27. The zero-order valence-electron chi connectivity index (χ0n) is 17.8. The fourth-order valence-electron chi connectivity index (χ4n) is 2.83. The van der Waals surface area contributed by atoms with E-state index in [9.17, 15) is 8.42 Å². The highest BCUT2D eigenvalue weighted by atomic mass is 35.5. The smallest absolute Gasteiger partial charge is 0.275 e. The molecule has 0 fully saturated rings. The van der Waals surface area contributed by atoms with Gasteiger partial charge >= 0.3 is 0 Å². The van der Waals surface area contributed by atoms with Crippen LogP contribution in [0.15, 0.2) is 76.6 Å². The van der Waals surface area contributed by atoms with Gasteiger partial charge < -0.3 is 0 Å². The summed E-state index contributed by atoms with van der Waals surface area (Å²) in [6, 6.07) is 19.5. The van der Waals surface area contributed by atoms with Gasteiger partial charge in [-0.2, -0.15) is 3.71 Å². The molecule has 0 unspecified atom stereocenters. The molecule has 162 valence electrons. The topological polar surface area (TPSA) is 53.0 Å². The zero-order valence-corrected chi connectivity index (χ0v) is 20.2. The molecule has 5 nitrogen and oxygen atoms in total. The monoisotopic (exact) mass is 473 g/mol. The van der Waals surface area contributed by atoms with Crippen LogP contribution >= 0.6 is 23.7 Å². The van der Waals surface area contributed by atoms with Gasteiger partial charge in [-0.15, -0.1) is 0 Å². The summed E-state index contributed by atoms with van der Waals surface area (Å²) >= 11 is 7.03. The molecule has 0 aliphatic heterocycles. The van der Waals surface area contributed by atoms with Gasteiger partial charge in [0, 0.05) is 12.1 Å². The summed E-state index contributed by atoms with van der Waals surface area (Å²) in [6.07, 6.45) is 1.61. The number of hydrogen-bond acceptors (Lipinski definition) is 4. The van der Waals surface area contributed by atoms with Crippen LogP contribution in [0.3, 0.4) is 0 Å². The third-order valence-corrected chi connectivity index (χ3v) is 7.76. The van der Waals surface area contributed by atoms with Crippen LogP contribution in [0.1, 0.15) is 16.7 Å². The van der Waals surface area contributed by atoms with Crippen LogP contribution in [-0.4, -0.2) is 26.1 Å². The third kappa shape index (κ3) is 5.81. The molecule has 0 radical (unpaired) electrons. The maximum atomic E-state index is 13.4. The Bertz CT molecular complexity index is 1180. The number of halogens is 1. The lowest BCUT2D eigenvalue weighted by atomic mass is 10.1. The van der Waals surface area contributed by atoms with Crippen molar-refractivity contribution in [3.05, 3.63) is 88.4 Å². The summed E-state index contributed by atoms with van der Waals surface area (Å²) in [6.45, 7) is 5.94. The van der Waals surface area contributed by atoms with Gasteiger partial charge in [-0.3, -0.25) is 4.31 Å². The van der Waals surface area contributed by atoms with E-state index < -0.39 is 10.0 Å². The average Bonchev–Trinajstić information content (AvgIpc) is 2.72. The van der Waals surface area contributed by atoms with Crippen molar-refractivity contribution in [2.45, 2.75) is 25.7 Å². The summed E-state index contributed by atoms with van der Waals surface area (Å²) < 4.78 is 29.8. The number of nitrogens with zero attached hydrogens (tertiary/aromatic N) is 3. The summed E-state index contributed by atoms with van der Waals surface area (Å²) in [5, 5.41) is 0.534. The number of aryl methyl sites for hydroxylation is 3. The molecular formula is C23H24ClN3O2S2. The molecule has 0 spiro atoms. The molecule has 31 heavy (non-hydrogen) atoms. The van der Waals surface area contributed by atoms with E-state index in [0.29, 0.717) is 10.7 Å². The van der Waals surface area contributed by atoms with E-state index in [-0.39, 0.29) is 4.90 Å². The van der Waals surface area contributed by atoms with Gasteiger partial charge in [-0.1, -0.05) is 47.0 Å². The molecule has 0 N–H and O–H groups in total. The first-order valence-corrected chi connectivity index (χ1v) is 12.1. The zero-order chi connectivity index (χ0) is 22.6. The average molecular weight is 474 g/mol. The Balaban J connectivity index is 1.92. The maximum absolute atomic E-state index is 13.4. The summed E-state index contributed by atoms with van der Waals surface area (Å²) in [5.74, 6) is 0. The lowest BCUT2D eigenvalue weighted by Gasteiger charge is -2.26. The third-order valence-electron chi connectivity index (χ3n) is 4.49. The number of rotatable bonds is 7. The number of sulfonamides is 1. The van der Waals surface area contributed by atoms with Crippen molar-refractivity contribution in [3.63, 3.8) is 0 Å². The van der Waals surface area contributed by atoms with Crippen molar-refractivity contribution >= 4 is 51.5 Å². The number of anilines is 1. The Morgan fingerprint density at radius 2 is 1.52 bits per heavy atom. The number of hydrogen-bond donors (Lipinski definition) is 0. The largest absolute Gasteiger partial charge is 0.291 e. The van der Waals surface area contributed by atoms with Crippen LogP contribution in [0.25, 0.3) is 0 Å². The molecule has 0 atom stereocenters. The van der Waals surface area contributed by atoms with E-state index in [4.69, 9.17) is 11.6 Å². The molecule has 0 heterocycles. The Kier molecular flexibility index (Phi) is 7.30. The normalized spacial score (nSPS) is 11.6. The number of benzene rings is 3. The molecule has 0 aliphatic carbocycles.